The summed E-state index contributed by atoms with van der Waals surface area (Å²) in [6.45, 7) is 0. The van der Waals surface area contributed by atoms with E-state index in [2.05, 4.69) is 22.3 Å². The Labute approximate surface area is 151 Å². The molecular formula is C19H20N6O. The van der Waals surface area contributed by atoms with Crippen LogP contribution in [-0.2, 0) is 18.8 Å². The van der Waals surface area contributed by atoms with Crippen molar-refractivity contribution in [1.29, 1.82) is 10.7 Å². The molecule has 3 heterocycles. The van der Waals surface area contributed by atoms with E-state index in [0.29, 0.717) is 0 Å². The summed E-state index contributed by atoms with van der Waals surface area (Å²) in [5, 5.41) is 26.4. The first kappa shape index (κ1) is 16.3. The number of nitrogens with one attached hydrogen (secondary N) is 1. The minimum absolute atomic E-state index is 0.0130. The summed E-state index contributed by atoms with van der Waals surface area (Å²) in [5.74, 6) is -0.0252. The van der Waals surface area contributed by atoms with Gasteiger partial charge < -0.3 is 4.74 Å². The zero-order chi connectivity index (χ0) is 18.3. The molecule has 0 aromatic carbocycles. The van der Waals surface area contributed by atoms with Crippen LogP contribution in [0.5, 0.6) is 0 Å². The van der Waals surface area contributed by atoms with Gasteiger partial charge in [-0.1, -0.05) is 0 Å². The summed E-state index contributed by atoms with van der Waals surface area (Å²) in [7, 11) is 3.75. The van der Waals surface area contributed by atoms with E-state index in [1.54, 1.807) is 15.6 Å². The van der Waals surface area contributed by atoms with Gasteiger partial charge in [0.2, 0.25) is 5.90 Å². The number of aromatic nitrogens is 4. The zero-order valence-corrected chi connectivity index (χ0v) is 14.8. The SMILES string of the molecule is Cn1cc(/C=C2\CCCC3=C2OC(=N)C(C#N)C3c2cnn(C)c2)cn1. The summed E-state index contributed by atoms with van der Waals surface area (Å²) in [4.78, 5) is 0. The lowest BCUT2D eigenvalue weighted by Gasteiger charge is -2.35. The van der Waals surface area contributed by atoms with E-state index in [0.717, 1.165) is 47.3 Å². The molecule has 1 N–H and O–H groups in total. The van der Waals surface area contributed by atoms with Crippen LogP contribution in [0.4, 0.5) is 0 Å². The maximum atomic E-state index is 9.65. The van der Waals surface area contributed by atoms with Crippen LogP contribution in [0.25, 0.3) is 6.08 Å². The van der Waals surface area contributed by atoms with Crippen molar-refractivity contribution in [3.8, 4) is 6.07 Å². The van der Waals surface area contributed by atoms with Crippen molar-refractivity contribution in [3.63, 3.8) is 0 Å². The van der Waals surface area contributed by atoms with Crippen molar-refractivity contribution >= 4 is 12.0 Å². The maximum absolute atomic E-state index is 9.65. The number of aryl methyl sites for hydroxylation is 2. The smallest absolute Gasteiger partial charge is 0.205 e. The maximum Gasteiger partial charge on any atom is 0.205 e. The Morgan fingerprint density at radius 2 is 2.00 bits per heavy atom. The second kappa shape index (κ2) is 6.30. The molecule has 0 bridgehead atoms. The van der Waals surface area contributed by atoms with Gasteiger partial charge in [-0.15, -0.1) is 0 Å². The average molecular weight is 348 g/mol. The first-order valence-corrected chi connectivity index (χ1v) is 8.64. The van der Waals surface area contributed by atoms with Gasteiger partial charge in [-0.05, 0) is 42.0 Å². The average Bonchev–Trinajstić information content (AvgIpc) is 3.22. The molecule has 0 spiro atoms. The number of nitriles is 1. The number of hydrogen-bond acceptors (Lipinski definition) is 5. The Bertz CT molecular complexity index is 970. The molecule has 7 nitrogen and oxygen atoms in total. The predicted octanol–water partition coefficient (Wildman–Crippen LogP) is 2.91. The van der Waals surface area contributed by atoms with E-state index in [1.807, 2.05) is 32.7 Å². The van der Waals surface area contributed by atoms with Crippen molar-refractivity contribution in [3.05, 3.63) is 52.8 Å². The molecule has 1 aliphatic heterocycles. The standard InChI is InChI=1S/C19H20N6O/c1-24-10-12(8-22-24)6-13-4-3-5-15-17(14-9-23-25(2)11-14)16(7-20)19(21)26-18(13)15/h6,8-11,16-17,21H,3-5H2,1-2H3/b13-6+,21-19?. The van der Waals surface area contributed by atoms with Gasteiger partial charge >= 0.3 is 0 Å². The van der Waals surface area contributed by atoms with Crippen LogP contribution in [0.1, 0.15) is 36.3 Å². The lowest BCUT2D eigenvalue weighted by Crippen LogP contribution is -2.31. The molecule has 2 aromatic rings. The first-order valence-electron chi connectivity index (χ1n) is 8.64. The van der Waals surface area contributed by atoms with Gasteiger partial charge in [0.15, 0.2) is 0 Å². The Morgan fingerprint density at radius 1 is 1.23 bits per heavy atom. The predicted molar refractivity (Wildman–Crippen MR) is 95.9 cm³/mol. The van der Waals surface area contributed by atoms with Crippen LogP contribution in [-0.4, -0.2) is 25.5 Å². The summed E-state index contributed by atoms with van der Waals surface area (Å²) in [6, 6.07) is 2.26. The molecule has 2 atom stereocenters. The van der Waals surface area contributed by atoms with Gasteiger partial charge in [-0.3, -0.25) is 14.8 Å². The summed E-state index contributed by atoms with van der Waals surface area (Å²) < 4.78 is 9.36. The molecule has 2 aliphatic rings. The quantitative estimate of drug-likeness (QED) is 0.903. The Hall–Kier alpha value is -3.14. The van der Waals surface area contributed by atoms with E-state index < -0.39 is 5.92 Å². The molecule has 0 radical (unpaired) electrons. The fraction of sp³-hybridized carbons (Fsp3) is 0.368. The summed E-state index contributed by atoms with van der Waals surface area (Å²) in [5.41, 5.74) is 4.13. The van der Waals surface area contributed by atoms with Crippen LogP contribution in [0.2, 0.25) is 0 Å². The highest BCUT2D eigenvalue weighted by atomic mass is 16.5. The number of nitrogens with zero attached hydrogens (tertiary/aromatic N) is 5. The molecule has 4 rings (SSSR count). The van der Waals surface area contributed by atoms with Gasteiger partial charge in [0.25, 0.3) is 0 Å². The topological polar surface area (TPSA) is 92.5 Å². The van der Waals surface area contributed by atoms with E-state index in [9.17, 15) is 5.26 Å². The Balaban J connectivity index is 1.83. The van der Waals surface area contributed by atoms with Crippen molar-refractivity contribution in [1.82, 2.24) is 19.6 Å². The lowest BCUT2D eigenvalue weighted by atomic mass is 9.74. The number of allylic oxidation sites excluding steroid dienone is 2. The second-order valence-corrected chi connectivity index (χ2v) is 6.82. The highest BCUT2D eigenvalue weighted by Gasteiger charge is 2.41. The number of rotatable bonds is 2. The third-order valence-electron chi connectivity index (χ3n) is 4.97. The minimum Gasteiger partial charge on any atom is -0.442 e. The van der Waals surface area contributed by atoms with Crippen LogP contribution < -0.4 is 0 Å². The molecule has 0 amide bonds. The molecular weight excluding hydrogens is 328 g/mol. The molecule has 2 unspecified atom stereocenters. The molecule has 2 aromatic heterocycles. The lowest BCUT2D eigenvalue weighted by molar-refractivity contribution is 0.335. The van der Waals surface area contributed by atoms with Crippen molar-refractivity contribution in [2.75, 3.05) is 0 Å². The van der Waals surface area contributed by atoms with Crippen LogP contribution >= 0.6 is 0 Å². The van der Waals surface area contributed by atoms with Crippen molar-refractivity contribution in [2.45, 2.75) is 25.2 Å². The Morgan fingerprint density at radius 3 is 2.65 bits per heavy atom. The normalized spacial score (nSPS) is 24.3. The van der Waals surface area contributed by atoms with E-state index in [4.69, 9.17) is 10.1 Å². The molecule has 0 saturated carbocycles. The molecule has 0 saturated heterocycles. The second-order valence-electron chi connectivity index (χ2n) is 6.82. The number of hydrogen-bond donors (Lipinski definition) is 1. The van der Waals surface area contributed by atoms with Gasteiger partial charge in [0.05, 0.1) is 18.5 Å². The molecule has 7 heteroatoms. The van der Waals surface area contributed by atoms with Crippen LogP contribution in [0, 0.1) is 22.7 Å². The largest absolute Gasteiger partial charge is 0.442 e. The highest BCUT2D eigenvalue weighted by molar-refractivity contribution is 5.84. The molecule has 1 aliphatic carbocycles. The highest BCUT2D eigenvalue weighted by Crippen LogP contribution is 2.46. The molecule has 132 valence electrons. The Kier molecular flexibility index (Phi) is 3.96. The fourth-order valence-electron chi connectivity index (χ4n) is 3.84. The number of ether oxygens (including phenoxy) is 1. The third kappa shape index (κ3) is 2.73. The zero-order valence-electron chi connectivity index (χ0n) is 14.8. The van der Waals surface area contributed by atoms with E-state index in [-0.39, 0.29) is 11.8 Å². The van der Waals surface area contributed by atoms with Gasteiger partial charge in [-0.2, -0.15) is 15.5 Å². The third-order valence-corrected chi connectivity index (χ3v) is 4.97. The van der Waals surface area contributed by atoms with E-state index in [1.165, 1.54) is 0 Å². The van der Waals surface area contributed by atoms with Gasteiger partial charge in [0.1, 0.15) is 11.7 Å². The summed E-state index contributed by atoms with van der Waals surface area (Å²) in [6.07, 6.45) is 12.3. The van der Waals surface area contributed by atoms with E-state index >= 15 is 0 Å². The molecule has 26 heavy (non-hydrogen) atoms. The summed E-state index contributed by atoms with van der Waals surface area (Å²) >= 11 is 0. The monoisotopic (exact) mass is 348 g/mol. The minimum atomic E-state index is -0.615. The fourth-order valence-corrected chi connectivity index (χ4v) is 3.84. The van der Waals surface area contributed by atoms with Crippen LogP contribution in [0.15, 0.2) is 41.7 Å². The molecule has 0 fully saturated rings. The van der Waals surface area contributed by atoms with Crippen molar-refractivity contribution < 1.29 is 4.74 Å². The van der Waals surface area contributed by atoms with Crippen LogP contribution in [0.3, 0.4) is 0 Å². The van der Waals surface area contributed by atoms with Gasteiger partial charge in [0, 0.05) is 38.0 Å². The van der Waals surface area contributed by atoms with Gasteiger partial charge in [-0.25, -0.2) is 0 Å². The van der Waals surface area contributed by atoms with Crippen molar-refractivity contribution in [2.24, 2.45) is 20.0 Å². The first-order chi connectivity index (χ1) is 12.6.